The van der Waals surface area contributed by atoms with Crippen LogP contribution in [0.4, 0.5) is 5.82 Å². The number of anilines is 1. The highest BCUT2D eigenvalue weighted by Gasteiger charge is 2.44. The van der Waals surface area contributed by atoms with Crippen LogP contribution in [0.15, 0.2) is 12.7 Å². The lowest BCUT2D eigenvalue weighted by Crippen LogP contribution is -2.34. The molecule has 2 aromatic rings. The van der Waals surface area contributed by atoms with Crippen molar-refractivity contribution in [3.8, 4) is 0 Å². The maximum absolute atomic E-state index is 10.8. The SMILES string of the molecule is CC(=O)NCCCCCCCCNc1ncnc2c1ncn2C1O[C@H](COP(=O)([O-])O)[C@@H](O)[C@H]1O. The van der Waals surface area contributed by atoms with E-state index in [1.807, 2.05) is 0 Å². The zero-order valence-electron chi connectivity index (χ0n) is 19.4. The molecule has 1 amide bonds. The van der Waals surface area contributed by atoms with E-state index in [1.54, 1.807) is 0 Å². The first-order valence-corrected chi connectivity index (χ1v) is 13.0. The molecule has 1 aliphatic rings. The van der Waals surface area contributed by atoms with Crippen LogP contribution in [0.3, 0.4) is 0 Å². The lowest BCUT2D eigenvalue weighted by molar-refractivity contribution is -0.222. The molecule has 0 radical (unpaired) electrons. The molecular formula is C20H32N6O8P-. The van der Waals surface area contributed by atoms with Crippen LogP contribution in [-0.2, 0) is 18.6 Å². The molecule has 14 nitrogen and oxygen atoms in total. The fourth-order valence-corrected chi connectivity index (χ4v) is 4.20. The Kier molecular flexibility index (Phi) is 9.92. The van der Waals surface area contributed by atoms with Gasteiger partial charge in [0.2, 0.25) is 5.91 Å². The summed E-state index contributed by atoms with van der Waals surface area (Å²) in [5.41, 5.74) is 0.811. The van der Waals surface area contributed by atoms with Crippen molar-refractivity contribution in [2.45, 2.75) is 70.0 Å². The number of phosphoric ester groups is 1. The summed E-state index contributed by atoms with van der Waals surface area (Å²) in [6.07, 6.45) is 3.82. The molecule has 196 valence electrons. The van der Waals surface area contributed by atoms with Crippen molar-refractivity contribution in [1.82, 2.24) is 24.8 Å². The van der Waals surface area contributed by atoms with E-state index in [2.05, 4.69) is 30.1 Å². The van der Waals surface area contributed by atoms with E-state index in [0.29, 0.717) is 30.1 Å². The van der Waals surface area contributed by atoms with E-state index in [0.717, 1.165) is 38.5 Å². The molecule has 1 aliphatic heterocycles. The molecule has 35 heavy (non-hydrogen) atoms. The van der Waals surface area contributed by atoms with Crippen LogP contribution in [0.1, 0.15) is 51.7 Å². The van der Waals surface area contributed by atoms with Gasteiger partial charge in [0.05, 0.1) is 12.9 Å². The number of hydrogen-bond donors (Lipinski definition) is 5. The quantitative estimate of drug-likeness (QED) is 0.164. The van der Waals surface area contributed by atoms with E-state index >= 15 is 0 Å². The van der Waals surface area contributed by atoms with Gasteiger partial charge in [-0.1, -0.05) is 25.7 Å². The number of carbonyl (C=O) groups is 1. The summed E-state index contributed by atoms with van der Waals surface area (Å²) in [5.74, 6) is 0.517. The minimum absolute atomic E-state index is 0.000910. The Labute approximate surface area is 202 Å². The normalized spacial score (nSPS) is 23.9. The second kappa shape index (κ2) is 12.7. The Morgan fingerprint density at radius 1 is 1.14 bits per heavy atom. The number of aliphatic hydroxyl groups is 2. The van der Waals surface area contributed by atoms with Gasteiger partial charge in [0.25, 0.3) is 7.82 Å². The predicted octanol–water partition coefficient (Wildman–Crippen LogP) is -0.189. The molecule has 1 saturated heterocycles. The molecule has 0 saturated carbocycles. The first kappa shape index (κ1) is 27.4. The van der Waals surface area contributed by atoms with Crippen LogP contribution in [0.25, 0.3) is 11.2 Å². The summed E-state index contributed by atoms with van der Waals surface area (Å²) in [6.45, 7) is 2.26. The van der Waals surface area contributed by atoms with Gasteiger partial charge in [0, 0.05) is 20.0 Å². The summed E-state index contributed by atoms with van der Waals surface area (Å²) in [7, 11) is -5.00. The molecule has 2 unspecified atom stereocenters. The molecule has 5 atom stereocenters. The van der Waals surface area contributed by atoms with Crippen molar-refractivity contribution in [3.63, 3.8) is 0 Å². The molecular weight excluding hydrogens is 483 g/mol. The lowest BCUT2D eigenvalue weighted by Gasteiger charge is -2.20. The Balaban J connectivity index is 1.49. The van der Waals surface area contributed by atoms with E-state index in [9.17, 15) is 24.5 Å². The number of aromatic nitrogens is 4. The average Bonchev–Trinajstić information content (AvgIpc) is 3.34. The van der Waals surface area contributed by atoms with Crippen molar-refractivity contribution in [3.05, 3.63) is 12.7 Å². The lowest BCUT2D eigenvalue weighted by atomic mass is 10.1. The molecule has 0 bridgehead atoms. The Morgan fingerprint density at radius 2 is 1.83 bits per heavy atom. The van der Waals surface area contributed by atoms with Gasteiger partial charge in [-0.3, -0.25) is 13.9 Å². The topological polar surface area (TPSA) is 204 Å². The minimum Gasteiger partial charge on any atom is -0.756 e. The Hall–Kier alpha value is -2.19. The Morgan fingerprint density at radius 3 is 2.51 bits per heavy atom. The number of amides is 1. The molecule has 2 aromatic heterocycles. The third-order valence-electron chi connectivity index (χ3n) is 5.64. The number of nitrogens with zero attached hydrogens (tertiary/aromatic N) is 4. The van der Waals surface area contributed by atoms with Crippen LogP contribution >= 0.6 is 7.82 Å². The number of imidazole rings is 1. The van der Waals surface area contributed by atoms with Gasteiger partial charge in [0.1, 0.15) is 24.6 Å². The number of ether oxygens (including phenoxy) is 1. The number of fused-ring (bicyclic) bond motifs is 1. The summed E-state index contributed by atoms with van der Waals surface area (Å²) >= 11 is 0. The highest BCUT2D eigenvalue weighted by molar-refractivity contribution is 7.44. The predicted molar refractivity (Wildman–Crippen MR) is 122 cm³/mol. The minimum atomic E-state index is -5.00. The fourth-order valence-electron chi connectivity index (χ4n) is 3.86. The smallest absolute Gasteiger partial charge is 0.265 e. The summed E-state index contributed by atoms with van der Waals surface area (Å²) < 4.78 is 22.1. The van der Waals surface area contributed by atoms with Crippen molar-refractivity contribution < 1.29 is 38.6 Å². The molecule has 0 spiro atoms. The molecule has 3 heterocycles. The van der Waals surface area contributed by atoms with Gasteiger partial charge in [-0.15, -0.1) is 0 Å². The Bertz CT molecular complexity index is 1020. The largest absolute Gasteiger partial charge is 0.756 e. The van der Waals surface area contributed by atoms with Crippen LogP contribution in [0.5, 0.6) is 0 Å². The number of nitrogens with one attached hydrogen (secondary N) is 2. The van der Waals surface area contributed by atoms with E-state index in [4.69, 9.17) is 9.63 Å². The maximum atomic E-state index is 10.8. The number of aliphatic hydroxyl groups excluding tert-OH is 2. The third-order valence-corrected chi connectivity index (χ3v) is 6.12. The third kappa shape index (κ3) is 7.90. The van der Waals surface area contributed by atoms with Gasteiger partial charge in [-0.2, -0.15) is 0 Å². The first-order chi connectivity index (χ1) is 16.7. The van der Waals surface area contributed by atoms with Crippen LogP contribution in [0.2, 0.25) is 0 Å². The number of phosphoric acid groups is 1. The standard InChI is InChI=1S/C20H33N6O8P/c1-13(27)21-8-6-4-2-3-5-7-9-22-18-15-19(24-11-23-18)26(12-25-15)20-17(29)16(28)14(34-20)10-33-35(30,31)32/h11-12,14,16-17,20,28-29H,2-10H2,1H3,(H,21,27)(H,22,23,24)(H2,30,31,32)/p-1/t14-,16-,17-,20?/m1/s1. The molecule has 15 heteroatoms. The second-order valence-corrected chi connectivity index (χ2v) is 9.58. The van der Waals surface area contributed by atoms with Crippen molar-refractivity contribution in [2.24, 2.45) is 0 Å². The van der Waals surface area contributed by atoms with E-state index in [1.165, 1.54) is 24.1 Å². The highest BCUT2D eigenvalue weighted by Crippen LogP contribution is 2.36. The summed E-state index contributed by atoms with van der Waals surface area (Å²) in [4.78, 5) is 43.2. The molecule has 0 aliphatic carbocycles. The van der Waals surface area contributed by atoms with Gasteiger partial charge >= 0.3 is 0 Å². The summed E-state index contributed by atoms with van der Waals surface area (Å²) in [6, 6.07) is 0. The number of rotatable bonds is 14. The maximum Gasteiger partial charge on any atom is 0.265 e. The summed E-state index contributed by atoms with van der Waals surface area (Å²) in [5, 5.41) is 26.6. The first-order valence-electron chi connectivity index (χ1n) is 11.5. The molecule has 3 rings (SSSR count). The molecule has 5 N–H and O–H groups in total. The monoisotopic (exact) mass is 515 g/mol. The van der Waals surface area contributed by atoms with Crippen LogP contribution < -0.4 is 15.5 Å². The molecule has 0 aromatic carbocycles. The van der Waals surface area contributed by atoms with Crippen molar-refractivity contribution in [1.29, 1.82) is 0 Å². The highest BCUT2D eigenvalue weighted by atomic mass is 31.2. The number of hydrogen-bond acceptors (Lipinski definition) is 11. The molecule has 1 fully saturated rings. The fraction of sp³-hybridized carbons (Fsp3) is 0.700. The van der Waals surface area contributed by atoms with Crippen LogP contribution in [-0.4, -0.2) is 78.5 Å². The zero-order valence-corrected chi connectivity index (χ0v) is 20.3. The average molecular weight is 515 g/mol. The van der Waals surface area contributed by atoms with Gasteiger partial charge in [-0.05, 0) is 12.8 Å². The number of carbonyl (C=O) groups excluding carboxylic acids is 1. The van der Waals surface area contributed by atoms with Gasteiger partial charge < -0.3 is 39.9 Å². The van der Waals surface area contributed by atoms with Crippen molar-refractivity contribution >= 4 is 30.7 Å². The zero-order chi connectivity index (χ0) is 25.4. The van der Waals surface area contributed by atoms with E-state index in [-0.39, 0.29) is 5.91 Å². The van der Waals surface area contributed by atoms with Crippen molar-refractivity contribution in [2.75, 3.05) is 25.0 Å². The number of unbranched alkanes of at least 4 members (excludes halogenated alkanes) is 5. The van der Waals surface area contributed by atoms with Crippen LogP contribution in [0, 0.1) is 0 Å². The van der Waals surface area contributed by atoms with Gasteiger partial charge in [0.15, 0.2) is 23.2 Å². The van der Waals surface area contributed by atoms with E-state index < -0.39 is 39.0 Å². The second-order valence-electron chi connectivity index (χ2n) is 8.39. The van der Waals surface area contributed by atoms with Gasteiger partial charge in [-0.25, -0.2) is 15.0 Å².